The Labute approximate surface area is 98.6 Å². The fraction of sp³-hybridized carbons (Fsp3) is 0.300. The van der Waals surface area contributed by atoms with Gasteiger partial charge in [0.15, 0.2) is 0 Å². The lowest BCUT2D eigenvalue weighted by molar-refractivity contribution is -0.140. The van der Waals surface area contributed by atoms with Gasteiger partial charge in [0.05, 0.1) is 18.4 Å². The predicted molar refractivity (Wildman–Crippen MR) is 58.2 cm³/mol. The van der Waals surface area contributed by atoms with E-state index in [1.807, 2.05) is 0 Å². The number of esters is 1. The molecule has 0 fully saturated rings. The molecule has 0 atom stereocenters. The number of hydrogen-bond acceptors (Lipinski definition) is 4. The lowest BCUT2D eigenvalue weighted by atomic mass is 10.4. The molecule has 0 radical (unpaired) electrons. The van der Waals surface area contributed by atoms with Gasteiger partial charge < -0.3 is 4.74 Å². The summed E-state index contributed by atoms with van der Waals surface area (Å²) in [6.07, 6.45) is -0.0586. The summed E-state index contributed by atoms with van der Waals surface area (Å²) < 4.78 is 42.4. The van der Waals surface area contributed by atoms with Crippen molar-refractivity contribution in [2.75, 3.05) is 13.7 Å². The standard InChI is InChI=1S/C10H12FNO4S/c1-16-10(13)6-7-12-17(14,15)9-4-2-8(11)3-5-9/h2-5,12H,6-7H2,1H3. The number of benzene rings is 1. The van der Waals surface area contributed by atoms with E-state index in [2.05, 4.69) is 9.46 Å². The number of nitrogens with one attached hydrogen (secondary N) is 1. The van der Waals surface area contributed by atoms with Crippen molar-refractivity contribution in [3.63, 3.8) is 0 Å². The summed E-state index contributed by atoms with van der Waals surface area (Å²) in [6, 6.07) is 4.40. The molecule has 94 valence electrons. The van der Waals surface area contributed by atoms with Crippen LogP contribution < -0.4 is 4.72 Å². The average Bonchev–Trinajstić information content (AvgIpc) is 2.29. The van der Waals surface area contributed by atoms with Gasteiger partial charge in [0.25, 0.3) is 0 Å². The van der Waals surface area contributed by atoms with Crippen molar-refractivity contribution >= 4 is 16.0 Å². The van der Waals surface area contributed by atoms with Crippen LogP contribution in [0.25, 0.3) is 0 Å². The summed E-state index contributed by atoms with van der Waals surface area (Å²) >= 11 is 0. The van der Waals surface area contributed by atoms with E-state index in [4.69, 9.17) is 0 Å². The number of sulfonamides is 1. The molecular formula is C10H12FNO4S. The van der Waals surface area contributed by atoms with Gasteiger partial charge in [-0.2, -0.15) is 0 Å². The summed E-state index contributed by atoms with van der Waals surface area (Å²) in [5, 5.41) is 0. The molecule has 1 aromatic carbocycles. The average molecular weight is 261 g/mol. The van der Waals surface area contributed by atoms with Gasteiger partial charge in [-0.3, -0.25) is 4.79 Å². The molecule has 1 N–H and O–H groups in total. The molecule has 17 heavy (non-hydrogen) atoms. The van der Waals surface area contributed by atoms with Gasteiger partial charge in [0.1, 0.15) is 5.82 Å². The fourth-order valence-electron chi connectivity index (χ4n) is 1.09. The molecule has 0 amide bonds. The minimum Gasteiger partial charge on any atom is -0.469 e. The van der Waals surface area contributed by atoms with Gasteiger partial charge in [-0.25, -0.2) is 17.5 Å². The first-order valence-electron chi connectivity index (χ1n) is 4.78. The number of methoxy groups -OCH3 is 1. The minimum absolute atomic E-state index is 0.0521. The van der Waals surface area contributed by atoms with Crippen molar-refractivity contribution in [2.45, 2.75) is 11.3 Å². The van der Waals surface area contributed by atoms with Gasteiger partial charge in [-0.05, 0) is 24.3 Å². The summed E-state index contributed by atoms with van der Waals surface area (Å²) in [6.45, 7) is -0.0631. The van der Waals surface area contributed by atoms with Gasteiger partial charge in [0.2, 0.25) is 10.0 Å². The number of ether oxygens (including phenoxy) is 1. The van der Waals surface area contributed by atoms with E-state index in [1.165, 1.54) is 7.11 Å². The Morgan fingerprint density at radius 3 is 2.47 bits per heavy atom. The monoisotopic (exact) mass is 261 g/mol. The van der Waals surface area contributed by atoms with Crippen molar-refractivity contribution in [3.8, 4) is 0 Å². The molecule has 1 aromatic rings. The number of halogens is 1. The van der Waals surface area contributed by atoms with Gasteiger partial charge in [0, 0.05) is 6.54 Å². The second kappa shape index (κ2) is 5.74. The van der Waals surface area contributed by atoms with Crippen LogP contribution in [0.3, 0.4) is 0 Å². The maximum atomic E-state index is 12.6. The molecule has 5 nitrogen and oxygen atoms in total. The van der Waals surface area contributed by atoms with Crippen LogP contribution in [0.1, 0.15) is 6.42 Å². The number of carbonyl (C=O) groups excluding carboxylic acids is 1. The van der Waals surface area contributed by atoms with Crippen LogP contribution in [0.2, 0.25) is 0 Å². The zero-order valence-corrected chi connectivity index (χ0v) is 9.96. The van der Waals surface area contributed by atoms with Gasteiger partial charge in [-0.15, -0.1) is 0 Å². The molecule has 0 heterocycles. The molecule has 1 rings (SSSR count). The van der Waals surface area contributed by atoms with Crippen LogP contribution in [-0.2, 0) is 19.6 Å². The Morgan fingerprint density at radius 1 is 1.35 bits per heavy atom. The SMILES string of the molecule is COC(=O)CCNS(=O)(=O)c1ccc(F)cc1. The van der Waals surface area contributed by atoms with Crippen molar-refractivity contribution < 1.29 is 22.3 Å². The molecule has 0 unspecified atom stereocenters. The normalized spacial score (nSPS) is 11.2. The maximum Gasteiger partial charge on any atom is 0.306 e. The van der Waals surface area contributed by atoms with Crippen molar-refractivity contribution in [2.24, 2.45) is 0 Å². The highest BCUT2D eigenvalue weighted by molar-refractivity contribution is 7.89. The topological polar surface area (TPSA) is 72.5 Å². The van der Waals surface area contributed by atoms with E-state index in [0.29, 0.717) is 0 Å². The van der Waals surface area contributed by atoms with Crippen LogP contribution in [0.5, 0.6) is 0 Å². The number of rotatable bonds is 5. The zero-order valence-electron chi connectivity index (χ0n) is 9.14. The first-order chi connectivity index (χ1) is 7.95. The minimum atomic E-state index is -3.71. The third kappa shape index (κ3) is 4.12. The van der Waals surface area contributed by atoms with Gasteiger partial charge >= 0.3 is 5.97 Å². The maximum absolute atomic E-state index is 12.6. The predicted octanol–water partition coefficient (Wildman–Crippen LogP) is 0.667. The van der Waals surface area contributed by atoms with E-state index in [0.717, 1.165) is 24.3 Å². The highest BCUT2D eigenvalue weighted by atomic mass is 32.2. The van der Waals surface area contributed by atoms with E-state index in [-0.39, 0.29) is 17.9 Å². The number of hydrogen-bond donors (Lipinski definition) is 1. The third-order valence-electron chi connectivity index (χ3n) is 1.97. The molecule has 0 aliphatic heterocycles. The van der Waals surface area contributed by atoms with Crippen LogP contribution in [0, 0.1) is 5.82 Å². The second-order valence-corrected chi connectivity index (χ2v) is 4.94. The van der Waals surface area contributed by atoms with E-state index < -0.39 is 21.8 Å². The lowest BCUT2D eigenvalue weighted by Gasteiger charge is -2.05. The highest BCUT2D eigenvalue weighted by Gasteiger charge is 2.13. The van der Waals surface area contributed by atoms with Crippen molar-refractivity contribution in [1.82, 2.24) is 4.72 Å². The van der Waals surface area contributed by atoms with Gasteiger partial charge in [-0.1, -0.05) is 0 Å². The Balaban J connectivity index is 2.63. The summed E-state index contributed by atoms with van der Waals surface area (Å²) in [5.41, 5.74) is 0. The Kier molecular flexibility index (Phi) is 4.59. The Morgan fingerprint density at radius 2 is 1.94 bits per heavy atom. The molecule has 7 heteroatoms. The second-order valence-electron chi connectivity index (χ2n) is 3.18. The van der Waals surface area contributed by atoms with Crippen molar-refractivity contribution in [3.05, 3.63) is 30.1 Å². The van der Waals surface area contributed by atoms with Crippen LogP contribution in [0.15, 0.2) is 29.2 Å². The number of carbonyl (C=O) groups is 1. The molecule has 0 aliphatic rings. The largest absolute Gasteiger partial charge is 0.469 e. The Bertz CT molecular complexity index is 484. The van der Waals surface area contributed by atoms with E-state index in [1.54, 1.807) is 0 Å². The fourth-order valence-corrected chi connectivity index (χ4v) is 2.12. The first kappa shape index (κ1) is 13.6. The first-order valence-corrected chi connectivity index (χ1v) is 6.26. The third-order valence-corrected chi connectivity index (χ3v) is 3.45. The molecule has 0 saturated heterocycles. The molecule has 0 aliphatic carbocycles. The lowest BCUT2D eigenvalue weighted by Crippen LogP contribution is -2.26. The summed E-state index contributed by atoms with van der Waals surface area (Å²) in [7, 11) is -2.49. The summed E-state index contributed by atoms with van der Waals surface area (Å²) in [5.74, 6) is -1.02. The summed E-state index contributed by atoms with van der Waals surface area (Å²) in [4.78, 5) is 10.7. The smallest absolute Gasteiger partial charge is 0.306 e. The zero-order chi connectivity index (χ0) is 12.9. The van der Waals surface area contributed by atoms with E-state index in [9.17, 15) is 17.6 Å². The van der Waals surface area contributed by atoms with E-state index >= 15 is 0 Å². The molecule has 0 saturated carbocycles. The van der Waals surface area contributed by atoms with Crippen LogP contribution >= 0.6 is 0 Å². The molecular weight excluding hydrogens is 249 g/mol. The molecule has 0 aromatic heterocycles. The van der Waals surface area contributed by atoms with Crippen LogP contribution in [-0.4, -0.2) is 28.0 Å². The van der Waals surface area contributed by atoms with Crippen LogP contribution in [0.4, 0.5) is 4.39 Å². The molecule has 0 bridgehead atoms. The quantitative estimate of drug-likeness (QED) is 0.791. The van der Waals surface area contributed by atoms with Crippen molar-refractivity contribution in [1.29, 1.82) is 0 Å². The Hall–Kier alpha value is -1.47. The highest BCUT2D eigenvalue weighted by Crippen LogP contribution is 2.09. The molecule has 0 spiro atoms.